The van der Waals surface area contributed by atoms with Gasteiger partial charge < -0.3 is 13.9 Å². The summed E-state index contributed by atoms with van der Waals surface area (Å²) in [6, 6.07) is 11.2. The van der Waals surface area contributed by atoms with E-state index in [0.29, 0.717) is 23.8 Å². The smallest absolute Gasteiger partial charge is 0.239 e. The third kappa shape index (κ3) is 3.18. The number of benzene rings is 1. The van der Waals surface area contributed by atoms with Crippen LogP contribution in [-0.2, 0) is 5.75 Å². The summed E-state index contributed by atoms with van der Waals surface area (Å²) in [7, 11) is 0. The molecule has 0 spiro atoms. The Morgan fingerprint density at radius 2 is 2.12 bits per heavy atom. The van der Waals surface area contributed by atoms with Crippen LogP contribution in [0.5, 0.6) is 11.5 Å². The molecule has 0 unspecified atom stereocenters. The number of fused-ring (bicyclic) bond motifs is 1. The number of ether oxygens (including phenoxy) is 2. The number of furan rings is 1. The van der Waals surface area contributed by atoms with Gasteiger partial charge in [-0.1, -0.05) is 23.9 Å². The second-order valence-electron chi connectivity index (χ2n) is 5.09. The van der Waals surface area contributed by atoms with E-state index < -0.39 is 0 Å². The summed E-state index contributed by atoms with van der Waals surface area (Å²) in [6.07, 6.45) is 1.31. The molecule has 0 bridgehead atoms. The molecule has 3 aromatic rings. The highest BCUT2D eigenvalue weighted by molar-refractivity contribution is 8.13. The van der Waals surface area contributed by atoms with Crippen molar-refractivity contribution in [3.63, 3.8) is 0 Å². The van der Waals surface area contributed by atoms with E-state index in [4.69, 9.17) is 13.9 Å². The van der Waals surface area contributed by atoms with E-state index in [1.165, 1.54) is 23.1 Å². The third-order valence-corrected chi connectivity index (χ3v) is 5.28. The van der Waals surface area contributed by atoms with Gasteiger partial charge in [0.25, 0.3) is 0 Å². The standard InChI is InChI=1S/C17H13NO4S2/c19-17(24-9-11-4-3-7-20-11)12-10-23-16(18-12)15-8-21-13-5-1-2-6-14(13)22-15/h1-7,10,15H,8-9H2/t15-/m0/s1. The van der Waals surface area contributed by atoms with Crippen LogP contribution in [0.2, 0.25) is 0 Å². The van der Waals surface area contributed by atoms with Gasteiger partial charge in [-0.3, -0.25) is 4.79 Å². The highest BCUT2D eigenvalue weighted by Crippen LogP contribution is 2.36. The average molecular weight is 359 g/mol. The van der Waals surface area contributed by atoms with Crippen LogP contribution in [-0.4, -0.2) is 16.7 Å². The SMILES string of the molecule is O=C(SCc1ccco1)c1csc([C@@H]2COc3ccccc3O2)n1. The Morgan fingerprint density at radius 3 is 2.96 bits per heavy atom. The summed E-state index contributed by atoms with van der Waals surface area (Å²) in [6.45, 7) is 0.387. The molecule has 0 saturated carbocycles. The fourth-order valence-electron chi connectivity index (χ4n) is 2.28. The van der Waals surface area contributed by atoms with Gasteiger partial charge in [0.15, 0.2) is 17.6 Å². The molecule has 0 radical (unpaired) electrons. The molecule has 1 atom stereocenters. The predicted molar refractivity (Wildman–Crippen MR) is 91.8 cm³/mol. The number of carbonyl (C=O) groups excluding carboxylic acids is 1. The van der Waals surface area contributed by atoms with Crippen molar-refractivity contribution < 1.29 is 18.7 Å². The summed E-state index contributed by atoms with van der Waals surface area (Å²) < 4.78 is 16.8. The number of thioether (sulfide) groups is 1. The number of hydrogen-bond donors (Lipinski definition) is 0. The maximum Gasteiger partial charge on any atom is 0.239 e. The normalized spacial score (nSPS) is 16.1. The van der Waals surface area contributed by atoms with Crippen LogP contribution in [0.15, 0.2) is 52.5 Å². The largest absolute Gasteiger partial charge is 0.485 e. The Bertz CT molecular complexity index is 844. The first-order chi connectivity index (χ1) is 11.8. The van der Waals surface area contributed by atoms with Gasteiger partial charge in [-0.15, -0.1) is 11.3 Å². The fourth-order valence-corrected chi connectivity index (χ4v) is 3.85. The molecule has 0 N–H and O–H groups in total. The van der Waals surface area contributed by atoms with Crippen molar-refractivity contribution in [1.29, 1.82) is 0 Å². The molecule has 1 aliphatic rings. The Balaban J connectivity index is 1.42. The van der Waals surface area contributed by atoms with Crippen LogP contribution in [0.25, 0.3) is 0 Å². The summed E-state index contributed by atoms with van der Waals surface area (Å²) in [5.74, 6) is 2.69. The highest BCUT2D eigenvalue weighted by Gasteiger charge is 2.26. The molecular formula is C17H13NO4S2. The van der Waals surface area contributed by atoms with Crippen LogP contribution in [0, 0.1) is 0 Å². The summed E-state index contributed by atoms with van der Waals surface area (Å²) in [5, 5.41) is 2.42. The van der Waals surface area contributed by atoms with Gasteiger partial charge in [-0.2, -0.15) is 0 Å². The minimum atomic E-state index is -0.290. The topological polar surface area (TPSA) is 61.6 Å². The third-order valence-electron chi connectivity index (χ3n) is 3.44. The number of nitrogens with zero attached hydrogens (tertiary/aromatic N) is 1. The second kappa shape index (κ2) is 6.70. The molecule has 7 heteroatoms. The zero-order chi connectivity index (χ0) is 16.4. The number of para-hydroxylation sites is 2. The maximum absolute atomic E-state index is 12.2. The predicted octanol–water partition coefficient (Wildman–Crippen LogP) is 4.32. The van der Waals surface area contributed by atoms with Crippen molar-refractivity contribution in [2.24, 2.45) is 0 Å². The first-order valence-electron chi connectivity index (χ1n) is 7.33. The van der Waals surface area contributed by atoms with Gasteiger partial charge in [0.05, 0.1) is 12.0 Å². The molecule has 0 amide bonds. The molecule has 0 saturated heterocycles. The van der Waals surface area contributed by atoms with E-state index in [-0.39, 0.29) is 11.2 Å². The monoisotopic (exact) mass is 359 g/mol. The lowest BCUT2D eigenvalue weighted by Crippen LogP contribution is -2.21. The van der Waals surface area contributed by atoms with Crippen molar-refractivity contribution in [2.75, 3.05) is 6.61 Å². The lowest BCUT2D eigenvalue weighted by atomic mass is 10.2. The lowest BCUT2D eigenvalue weighted by molar-refractivity contribution is 0.0908. The Morgan fingerprint density at radius 1 is 1.25 bits per heavy atom. The summed E-state index contributed by atoms with van der Waals surface area (Å²) in [4.78, 5) is 16.6. The van der Waals surface area contributed by atoms with Crippen molar-refractivity contribution in [3.05, 3.63) is 64.5 Å². The Hall–Kier alpha value is -2.25. The van der Waals surface area contributed by atoms with Crippen LogP contribution < -0.4 is 9.47 Å². The van der Waals surface area contributed by atoms with Gasteiger partial charge in [-0.25, -0.2) is 4.98 Å². The van der Waals surface area contributed by atoms with Crippen LogP contribution in [0.1, 0.15) is 27.4 Å². The Kier molecular flexibility index (Phi) is 4.27. The molecule has 24 heavy (non-hydrogen) atoms. The first-order valence-corrected chi connectivity index (χ1v) is 9.19. The first kappa shape index (κ1) is 15.3. The minimum Gasteiger partial charge on any atom is -0.485 e. The molecule has 5 nitrogen and oxygen atoms in total. The van der Waals surface area contributed by atoms with Gasteiger partial charge in [0.2, 0.25) is 5.12 Å². The molecule has 122 valence electrons. The number of hydrogen-bond acceptors (Lipinski definition) is 7. The number of rotatable bonds is 4. The fraction of sp³-hybridized carbons (Fsp3) is 0.176. The quantitative estimate of drug-likeness (QED) is 0.691. The van der Waals surface area contributed by atoms with E-state index in [1.807, 2.05) is 30.3 Å². The van der Waals surface area contributed by atoms with Crippen molar-refractivity contribution in [1.82, 2.24) is 4.98 Å². The summed E-state index contributed by atoms with van der Waals surface area (Å²) in [5.41, 5.74) is 0.439. The zero-order valence-electron chi connectivity index (χ0n) is 12.5. The molecule has 0 aliphatic carbocycles. The average Bonchev–Trinajstić information content (AvgIpc) is 3.31. The van der Waals surface area contributed by atoms with Gasteiger partial charge in [0, 0.05) is 5.38 Å². The van der Waals surface area contributed by atoms with Crippen molar-refractivity contribution >= 4 is 28.2 Å². The maximum atomic E-state index is 12.2. The summed E-state index contributed by atoms with van der Waals surface area (Å²) >= 11 is 2.58. The van der Waals surface area contributed by atoms with Gasteiger partial charge in [-0.05, 0) is 24.3 Å². The molecular weight excluding hydrogens is 346 g/mol. The number of thiazole rings is 1. The molecule has 4 rings (SSSR count). The number of aromatic nitrogens is 1. The van der Waals surface area contributed by atoms with Crippen molar-refractivity contribution in [2.45, 2.75) is 11.9 Å². The highest BCUT2D eigenvalue weighted by atomic mass is 32.2. The molecule has 1 aliphatic heterocycles. The Labute approximate surface area is 146 Å². The molecule has 2 aromatic heterocycles. The van der Waals surface area contributed by atoms with E-state index in [0.717, 1.165) is 16.5 Å². The van der Waals surface area contributed by atoms with Crippen LogP contribution in [0.4, 0.5) is 0 Å². The zero-order valence-corrected chi connectivity index (χ0v) is 14.1. The molecule has 0 fully saturated rings. The second-order valence-corrected chi connectivity index (χ2v) is 6.93. The van der Waals surface area contributed by atoms with E-state index in [9.17, 15) is 4.79 Å². The minimum absolute atomic E-state index is 0.0778. The van der Waals surface area contributed by atoms with Crippen LogP contribution >= 0.6 is 23.1 Å². The van der Waals surface area contributed by atoms with E-state index in [1.54, 1.807) is 17.7 Å². The number of carbonyl (C=O) groups is 1. The van der Waals surface area contributed by atoms with Gasteiger partial charge >= 0.3 is 0 Å². The van der Waals surface area contributed by atoms with Crippen LogP contribution in [0.3, 0.4) is 0 Å². The molecule has 1 aromatic carbocycles. The lowest BCUT2D eigenvalue weighted by Gasteiger charge is -2.24. The van der Waals surface area contributed by atoms with Gasteiger partial charge in [0.1, 0.15) is 23.1 Å². The van der Waals surface area contributed by atoms with Crippen molar-refractivity contribution in [3.8, 4) is 11.5 Å². The van der Waals surface area contributed by atoms with E-state index >= 15 is 0 Å². The van der Waals surface area contributed by atoms with E-state index in [2.05, 4.69) is 4.98 Å². The molecule has 3 heterocycles.